The molecule has 0 unspecified atom stereocenters. The number of para-hydroxylation sites is 1. The Morgan fingerprint density at radius 3 is 2.33 bits per heavy atom. The highest BCUT2D eigenvalue weighted by Crippen LogP contribution is 2.18. The van der Waals surface area contributed by atoms with Crippen LogP contribution in [0.15, 0.2) is 48.5 Å². The van der Waals surface area contributed by atoms with Crippen molar-refractivity contribution in [2.75, 3.05) is 32.7 Å². The third kappa shape index (κ3) is 6.29. The van der Waals surface area contributed by atoms with E-state index in [1.165, 1.54) is 0 Å². The second-order valence-corrected chi connectivity index (χ2v) is 9.64. The maximum absolute atomic E-state index is 12.9. The summed E-state index contributed by atoms with van der Waals surface area (Å²) in [6.07, 6.45) is 3.29. The Hall–Kier alpha value is -4.14. The smallest absolute Gasteiger partial charge is 0.408 e. The highest BCUT2D eigenvalue weighted by Gasteiger charge is 2.25. The lowest BCUT2D eigenvalue weighted by Crippen LogP contribution is -2.52. The number of amides is 3. The molecule has 0 aliphatic carbocycles. The number of H-pyrrole nitrogens is 1. The molecule has 9 nitrogen and oxygen atoms in total. The number of hydrogen-bond acceptors (Lipinski definition) is 5. The standard InChI is InChI=1S/C27H31N5O4/c1-27(2,3)36-26(35)28-18-24(33)31-14-16-32(17-15-31)25(34)20-11-8-19(9-12-20)10-13-23-21-6-4-5-7-22(21)29-30-23/h4-13H,14-18H2,1-3H3,(H,28,35)(H,29,30)/b13-10+. The Morgan fingerprint density at radius 1 is 0.972 bits per heavy atom. The Balaban J connectivity index is 1.27. The van der Waals surface area contributed by atoms with E-state index < -0.39 is 11.7 Å². The van der Waals surface area contributed by atoms with Gasteiger partial charge in [-0.25, -0.2) is 4.79 Å². The number of rotatable bonds is 5. The normalized spacial score (nSPS) is 14.3. The van der Waals surface area contributed by atoms with Gasteiger partial charge in [-0.2, -0.15) is 5.10 Å². The molecule has 1 saturated heterocycles. The van der Waals surface area contributed by atoms with Crippen LogP contribution in [0.2, 0.25) is 0 Å². The van der Waals surface area contributed by atoms with E-state index in [1.807, 2.05) is 60.7 Å². The zero-order valence-corrected chi connectivity index (χ0v) is 20.8. The summed E-state index contributed by atoms with van der Waals surface area (Å²) in [6.45, 7) is 6.85. The number of carbonyl (C=O) groups is 3. The minimum atomic E-state index is -0.624. The van der Waals surface area contributed by atoms with Gasteiger partial charge in [0.2, 0.25) is 5.91 Å². The summed E-state index contributed by atoms with van der Waals surface area (Å²) < 4.78 is 5.15. The maximum Gasteiger partial charge on any atom is 0.408 e. The zero-order valence-electron chi connectivity index (χ0n) is 20.8. The number of piperazine rings is 1. The van der Waals surface area contributed by atoms with Gasteiger partial charge in [0.15, 0.2) is 0 Å². The predicted molar refractivity (Wildman–Crippen MR) is 138 cm³/mol. The van der Waals surface area contributed by atoms with Crippen LogP contribution in [0.4, 0.5) is 4.79 Å². The van der Waals surface area contributed by atoms with Crippen LogP contribution in [0.5, 0.6) is 0 Å². The van der Waals surface area contributed by atoms with Crippen LogP contribution in [0.25, 0.3) is 23.1 Å². The molecule has 3 amide bonds. The first-order chi connectivity index (χ1) is 17.2. The maximum atomic E-state index is 12.9. The van der Waals surface area contributed by atoms with Crippen LogP contribution in [-0.4, -0.2) is 76.2 Å². The lowest BCUT2D eigenvalue weighted by Gasteiger charge is -2.35. The number of carbonyl (C=O) groups excluding carboxylic acids is 3. The topological polar surface area (TPSA) is 108 Å². The van der Waals surface area contributed by atoms with Crippen LogP contribution < -0.4 is 5.32 Å². The molecule has 0 bridgehead atoms. The minimum Gasteiger partial charge on any atom is -0.444 e. The molecule has 4 rings (SSSR count). The molecule has 188 valence electrons. The lowest BCUT2D eigenvalue weighted by molar-refractivity contribution is -0.131. The summed E-state index contributed by atoms with van der Waals surface area (Å²) in [6, 6.07) is 15.4. The molecular formula is C27H31N5O4. The SMILES string of the molecule is CC(C)(C)OC(=O)NCC(=O)N1CCN(C(=O)c2ccc(/C=C/c3n[nH]c4ccccc34)cc2)CC1. The zero-order chi connectivity index (χ0) is 25.7. The van der Waals surface area contributed by atoms with E-state index >= 15 is 0 Å². The molecule has 2 aromatic carbocycles. The van der Waals surface area contributed by atoms with Crippen molar-refractivity contribution in [2.45, 2.75) is 26.4 Å². The van der Waals surface area contributed by atoms with Crippen LogP contribution in [-0.2, 0) is 9.53 Å². The molecule has 2 heterocycles. The van der Waals surface area contributed by atoms with Crippen molar-refractivity contribution in [3.8, 4) is 0 Å². The van der Waals surface area contributed by atoms with Crippen molar-refractivity contribution < 1.29 is 19.1 Å². The van der Waals surface area contributed by atoms with E-state index in [0.29, 0.717) is 31.7 Å². The monoisotopic (exact) mass is 489 g/mol. The largest absolute Gasteiger partial charge is 0.444 e. The molecule has 1 aliphatic heterocycles. The van der Waals surface area contributed by atoms with E-state index in [-0.39, 0.29) is 18.4 Å². The quantitative estimate of drug-likeness (QED) is 0.570. The van der Waals surface area contributed by atoms with Gasteiger partial charge < -0.3 is 19.9 Å². The Kier molecular flexibility index (Phi) is 7.38. The minimum absolute atomic E-state index is 0.0668. The van der Waals surface area contributed by atoms with Gasteiger partial charge in [-0.3, -0.25) is 14.7 Å². The fourth-order valence-electron chi connectivity index (χ4n) is 3.94. The van der Waals surface area contributed by atoms with Crippen molar-refractivity contribution in [3.63, 3.8) is 0 Å². The third-order valence-corrected chi connectivity index (χ3v) is 5.79. The van der Waals surface area contributed by atoms with E-state index in [0.717, 1.165) is 22.2 Å². The number of benzene rings is 2. The Morgan fingerprint density at radius 2 is 1.64 bits per heavy atom. The second-order valence-electron chi connectivity index (χ2n) is 9.64. The fraction of sp³-hybridized carbons (Fsp3) is 0.333. The summed E-state index contributed by atoms with van der Waals surface area (Å²) in [5.74, 6) is -0.267. The van der Waals surface area contributed by atoms with Crippen LogP contribution in [0.1, 0.15) is 42.4 Å². The molecule has 9 heteroatoms. The van der Waals surface area contributed by atoms with E-state index in [4.69, 9.17) is 4.74 Å². The highest BCUT2D eigenvalue weighted by molar-refractivity contribution is 5.95. The van der Waals surface area contributed by atoms with Crippen molar-refractivity contribution in [2.24, 2.45) is 0 Å². The van der Waals surface area contributed by atoms with Gasteiger partial charge in [-0.1, -0.05) is 36.4 Å². The number of alkyl carbamates (subject to hydrolysis) is 1. The third-order valence-electron chi connectivity index (χ3n) is 5.79. The number of aromatic amines is 1. The van der Waals surface area contributed by atoms with Crippen LogP contribution in [0.3, 0.4) is 0 Å². The Bertz CT molecular complexity index is 1270. The van der Waals surface area contributed by atoms with Crippen molar-refractivity contribution in [1.29, 1.82) is 0 Å². The molecule has 1 aromatic heterocycles. The molecule has 1 aliphatic rings. The van der Waals surface area contributed by atoms with Gasteiger partial charge in [0, 0.05) is 37.1 Å². The highest BCUT2D eigenvalue weighted by atomic mass is 16.6. The number of hydrogen-bond donors (Lipinski definition) is 2. The first-order valence-electron chi connectivity index (χ1n) is 11.9. The molecule has 0 saturated carbocycles. The number of nitrogens with one attached hydrogen (secondary N) is 2. The van der Waals surface area contributed by atoms with Gasteiger partial charge in [0.25, 0.3) is 5.91 Å². The molecular weight excluding hydrogens is 458 g/mol. The summed E-state index contributed by atoms with van der Waals surface area (Å²) in [7, 11) is 0. The molecule has 0 atom stereocenters. The van der Waals surface area contributed by atoms with Gasteiger partial charge in [0.1, 0.15) is 12.1 Å². The average Bonchev–Trinajstić information content (AvgIpc) is 3.28. The molecule has 0 spiro atoms. The summed E-state index contributed by atoms with van der Waals surface area (Å²) >= 11 is 0. The van der Waals surface area contributed by atoms with Crippen molar-refractivity contribution in [1.82, 2.24) is 25.3 Å². The van der Waals surface area contributed by atoms with Crippen molar-refractivity contribution in [3.05, 3.63) is 65.4 Å². The summed E-state index contributed by atoms with van der Waals surface area (Å²) in [5.41, 5.74) is 2.79. The predicted octanol–water partition coefficient (Wildman–Crippen LogP) is 3.54. The van der Waals surface area contributed by atoms with Gasteiger partial charge in [0.05, 0.1) is 11.2 Å². The van der Waals surface area contributed by atoms with E-state index in [2.05, 4.69) is 15.5 Å². The Labute approximate surface area is 210 Å². The molecule has 0 radical (unpaired) electrons. The second kappa shape index (κ2) is 10.6. The lowest BCUT2D eigenvalue weighted by atomic mass is 10.1. The van der Waals surface area contributed by atoms with Crippen LogP contribution in [0, 0.1) is 0 Å². The summed E-state index contributed by atoms with van der Waals surface area (Å²) in [5, 5.41) is 10.9. The molecule has 36 heavy (non-hydrogen) atoms. The number of fused-ring (bicyclic) bond motifs is 1. The van der Waals surface area contributed by atoms with Gasteiger partial charge in [-0.05, 0) is 50.6 Å². The number of nitrogens with zero attached hydrogens (tertiary/aromatic N) is 3. The summed E-state index contributed by atoms with van der Waals surface area (Å²) in [4.78, 5) is 40.5. The number of ether oxygens (including phenoxy) is 1. The molecule has 1 fully saturated rings. The first kappa shape index (κ1) is 25.0. The van der Waals surface area contributed by atoms with E-state index in [9.17, 15) is 14.4 Å². The fourth-order valence-corrected chi connectivity index (χ4v) is 3.94. The van der Waals surface area contributed by atoms with Gasteiger partial charge in [-0.15, -0.1) is 0 Å². The number of aromatic nitrogens is 2. The molecule has 3 aromatic rings. The van der Waals surface area contributed by atoms with Crippen LogP contribution >= 0.6 is 0 Å². The molecule has 2 N–H and O–H groups in total. The van der Waals surface area contributed by atoms with E-state index in [1.54, 1.807) is 30.6 Å². The van der Waals surface area contributed by atoms with Crippen molar-refractivity contribution >= 4 is 41.0 Å². The first-order valence-corrected chi connectivity index (χ1v) is 11.9. The average molecular weight is 490 g/mol. The van der Waals surface area contributed by atoms with Gasteiger partial charge >= 0.3 is 6.09 Å².